The van der Waals surface area contributed by atoms with E-state index in [0.717, 1.165) is 41.9 Å². The average Bonchev–Trinajstić information content (AvgIpc) is 3.52. The standard InChI is InChI=1S/C38H41N5O2/c1-5-38(21-39)22-43(23(38)2)37(44)30-16-31-35(34(19-30)45-4)41(3)36(40-31)33-18-28-13-12-27(17-32(28)42(33)20-24-10-11-24)29-14-25-8-6-7-9-26(25)15-29/h6-9,12-14,16-19,23-24H,5,10-11,15,20-22,39H2,1-4H3/t23?,38-/m1/s1. The number of ether oxygens (including phenoxy) is 1. The second-order valence-electron chi connectivity index (χ2n) is 13.5. The van der Waals surface area contributed by atoms with Gasteiger partial charge < -0.3 is 24.5 Å². The van der Waals surface area contributed by atoms with Crippen LogP contribution in [0, 0.1) is 11.3 Å². The molecule has 2 N–H and O–H groups in total. The summed E-state index contributed by atoms with van der Waals surface area (Å²) in [5.74, 6) is 2.23. The van der Waals surface area contributed by atoms with Crippen LogP contribution in [0.15, 0.2) is 60.7 Å². The highest BCUT2D eigenvalue weighted by Gasteiger charge is 2.50. The molecule has 8 rings (SSSR count). The zero-order valence-corrected chi connectivity index (χ0v) is 26.6. The maximum Gasteiger partial charge on any atom is 0.254 e. The number of fused-ring (bicyclic) bond motifs is 3. The highest BCUT2D eigenvalue weighted by Crippen LogP contribution is 2.42. The summed E-state index contributed by atoms with van der Waals surface area (Å²) in [6.07, 6.45) is 6.79. The lowest BCUT2D eigenvalue weighted by molar-refractivity contribution is -0.0403. The van der Waals surface area contributed by atoms with Gasteiger partial charge in [-0.05, 0) is 85.1 Å². The first-order chi connectivity index (χ1) is 21.8. The first-order valence-corrected chi connectivity index (χ1v) is 16.3. The van der Waals surface area contributed by atoms with Gasteiger partial charge in [-0.2, -0.15) is 0 Å². The lowest BCUT2D eigenvalue weighted by atomic mass is 9.70. The van der Waals surface area contributed by atoms with Gasteiger partial charge in [0.15, 0.2) is 5.82 Å². The summed E-state index contributed by atoms with van der Waals surface area (Å²) in [7, 11) is 3.72. The highest BCUT2D eigenvalue weighted by atomic mass is 16.5. The van der Waals surface area contributed by atoms with Gasteiger partial charge in [-0.3, -0.25) is 4.79 Å². The molecule has 1 amide bonds. The third-order valence-electron chi connectivity index (χ3n) is 11.0. The Kier molecular flexibility index (Phi) is 6.47. The van der Waals surface area contributed by atoms with Gasteiger partial charge >= 0.3 is 0 Å². The molecule has 7 nitrogen and oxygen atoms in total. The smallest absolute Gasteiger partial charge is 0.254 e. The molecule has 1 saturated carbocycles. The Morgan fingerprint density at radius 3 is 2.64 bits per heavy atom. The monoisotopic (exact) mass is 599 g/mol. The SMILES string of the molecule is CC[C@@]1(CN)CN(C(=O)c2cc(OC)c3c(c2)nc(-c2cc4ccc(C5=Cc6ccccc6C5)cc4n2CC2CC2)n3C)C1C. The third kappa shape index (κ3) is 4.35. The molecule has 3 aromatic carbocycles. The van der Waals surface area contributed by atoms with E-state index in [1.807, 2.05) is 24.1 Å². The fourth-order valence-corrected chi connectivity index (χ4v) is 7.71. The van der Waals surface area contributed by atoms with Crippen molar-refractivity contribution in [1.82, 2.24) is 19.0 Å². The van der Waals surface area contributed by atoms with E-state index in [2.05, 4.69) is 77.6 Å². The number of carbonyl (C=O) groups excluding carboxylic acids is 1. The van der Waals surface area contributed by atoms with Crippen molar-refractivity contribution in [2.75, 3.05) is 20.2 Å². The maximum atomic E-state index is 13.7. The van der Waals surface area contributed by atoms with Crippen molar-refractivity contribution >= 4 is 39.5 Å². The first-order valence-electron chi connectivity index (χ1n) is 16.3. The predicted molar refractivity (Wildman–Crippen MR) is 181 cm³/mol. The minimum absolute atomic E-state index is 0.00483. The molecule has 2 aromatic heterocycles. The predicted octanol–water partition coefficient (Wildman–Crippen LogP) is 6.91. The average molecular weight is 600 g/mol. The van der Waals surface area contributed by atoms with E-state index >= 15 is 0 Å². The molecule has 0 spiro atoms. The number of likely N-dealkylation sites (tertiary alicyclic amines) is 1. The molecule has 2 aliphatic carbocycles. The van der Waals surface area contributed by atoms with Gasteiger partial charge in [-0.15, -0.1) is 0 Å². The van der Waals surface area contributed by atoms with E-state index in [4.69, 9.17) is 15.5 Å². The molecular formula is C38H41N5O2. The normalized spacial score (nSPS) is 20.9. The molecule has 3 heterocycles. The Hall–Kier alpha value is -4.36. The van der Waals surface area contributed by atoms with Gasteiger partial charge in [-0.1, -0.05) is 49.4 Å². The van der Waals surface area contributed by atoms with E-state index in [1.165, 1.54) is 46.0 Å². The molecule has 1 aliphatic heterocycles. The summed E-state index contributed by atoms with van der Waals surface area (Å²) >= 11 is 0. The minimum Gasteiger partial charge on any atom is -0.494 e. The van der Waals surface area contributed by atoms with Crippen LogP contribution >= 0.6 is 0 Å². The summed E-state index contributed by atoms with van der Waals surface area (Å²) in [5, 5.41) is 1.21. The van der Waals surface area contributed by atoms with Crippen molar-refractivity contribution in [3.8, 4) is 17.3 Å². The van der Waals surface area contributed by atoms with Crippen LogP contribution in [0.4, 0.5) is 0 Å². The van der Waals surface area contributed by atoms with Crippen LogP contribution in [0.3, 0.4) is 0 Å². The quantitative estimate of drug-likeness (QED) is 0.210. The number of nitrogens with two attached hydrogens (primary N) is 1. The van der Waals surface area contributed by atoms with Gasteiger partial charge in [0.25, 0.3) is 5.91 Å². The Morgan fingerprint density at radius 1 is 1.11 bits per heavy atom. The van der Waals surface area contributed by atoms with E-state index < -0.39 is 0 Å². The number of hydrogen-bond donors (Lipinski definition) is 1. The Bertz CT molecular complexity index is 2020. The van der Waals surface area contributed by atoms with Crippen molar-refractivity contribution in [2.45, 2.75) is 52.1 Å². The van der Waals surface area contributed by atoms with Crippen LogP contribution in [-0.2, 0) is 20.0 Å². The van der Waals surface area contributed by atoms with Crippen LogP contribution in [0.25, 0.3) is 45.1 Å². The number of carbonyl (C=O) groups is 1. The summed E-state index contributed by atoms with van der Waals surface area (Å²) in [5.41, 5.74) is 16.1. The number of benzene rings is 3. The zero-order chi connectivity index (χ0) is 31.0. The fraction of sp³-hybridized carbons (Fsp3) is 0.368. The van der Waals surface area contributed by atoms with Crippen LogP contribution in [-0.4, -0.2) is 51.2 Å². The molecule has 2 fully saturated rings. The van der Waals surface area contributed by atoms with Gasteiger partial charge in [0.05, 0.1) is 18.3 Å². The number of hydrogen-bond acceptors (Lipinski definition) is 4. The van der Waals surface area contributed by atoms with E-state index in [1.54, 1.807) is 7.11 Å². The minimum atomic E-state index is -0.00483. The Balaban J connectivity index is 1.20. The zero-order valence-electron chi connectivity index (χ0n) is 26.6. The lowest BCUT2D eigenvalue weighted by Crippen LogP contribution is -2.67. The fourth-order valence-electron chi connectivity index (χ4n) is 7.71. The molecule has 1 unspecified atom stereocenters. The van der Waals surface area contributed by atoms with Gasteiger partial charge in [-0.25, -0.2) is 4.98 Å². The van der Waals surface area contributed by atoms with Crippen LogP contribution in [0.1, 0.15) is 60.2 Å². The maximum absolute atomic E-state index is 13.7. The summed E-state index contributed by atoms with van der Waals surface area (Å²) < 4.78 is 10.5. The molecule has 45 heavy (non-hydrogen) atoms. The summed E-state index contributed by atoms with van der Waals surface area (Å²) in [6, 6.07) is 21.7. The van der Waals surface area contributed by atoms with Gasteiger partial charge in [0.2, 0.25) is 0 Å². The molecular weight excluding hydrogens is 558 g/mol. The van der Waals surface area contributed by atoms with Crippen molar-refractivity contribution in [2.24, 2.45) is 24.1 Å². The lowest BCUT2D eigenvalue weighted by Gasteiger charge is -2.56. The molecule has 2 atom stereocenters. The second kappa shape index (κ2) is 10.3. The number of aromatic nitrogens is 3. The molecule has 0 radical (unpaired) electrons. The number of nitrogens with zero attached hydrogens (tertiary/aromatic N) is 4. The number of methoxy groups -OCH3 is 1. The summed E-state index contributed by atoms with van der Waals surface area (Å²) in [4.78, 5) is 20.9. The van der Waals surface area contributed by atoms with E-state index in [0.29, 0.717) is 30.3 Å². The third-order valence-corrected chi connectivity index (χ3v) is 11.0. The topological polar surface area (TPSA) is 78.3 Å². The molecule has 5 aromatic rings. The number of amides is 1. The van der Waals surface area contributed by atoms with Crippen molar-refractivity contribution in [3.05, 3.63) is 82.9 Å². The number of allylic oxidation sites excluding steroid dienone is 1. The Morgan fingerprint density at radius 2 is 1.93 bits per heavy atom. The molecule has 3 aliphatic rings. The Labute approximate surface area is 264 Å². The second-order valence-corrected chi connectivity index (χ2v) is 13.5. The van der Waals surface area contributed by atoms with Crippen LogP contribution in [0.5, 0.6) is 5.75 Å². The van der Waals surface area contributed by atoms with Crippen LogP contribution < -0.4 is 10.5 Å². The molecule has 0 bridgehead atoms. The largest absolute Gasteiger partial charge is 0.494 e. The van der Waals surface area contributed by atoms with Crippen molar-refractivity contribution in [3.63, 3.8) is 0 Å². The number of rotatable bonds is 8. The van der Waals surface area contributed by atoms with Crippen molar-refractivity contribution < 1.29 is 9.53 Å². The van der Waals surface area contributed by atoms with Crippen molar-refractivity contribution in [1.29, 1.82) is 0 Å². The number of imidazole rings is 1. The van der Waals surface area contributed by atoms with E-state index in [9.17, 15) is 4.79 Å². The first kappa shape index (κ1) is 28.1. The van der Waals surface area contributed by atoms with Gasteiger partial charge in [0, 0.05) is 54.6 Å². The number of aryl methyl sites for hydroxylation is 1. The van der Waals surface area contributed by atoms with E-state index in [-0.39, 0.29) is 17.4 Å². The highest BCUT2D eigenvalue weighted by molar-refractivity contribution is 6.01. The molecule has 230 valence electrons. The molecule has 1 saturated heterocycles. The summed E-state index contributed by atoms with van der Waals surface area (Å²) in [6.45, 7) is 6.50. The van der Waals surface area contributed by atoms with Crippen LogP contribution in [0.2, 0.25) is 0 Å². The molecule has 7 heteroatoms. The van der Waals surface area contributed by atoms with Gasteiger partial charge in [0.1, 0.15) is 11.3 Å².